The minimum atomic E-state index is -1.25. The van der Waals surface area contributed by atoms with Gasteiger partial charge in [-0.05, 0) is 32.2 Å². The number of hydrogen-bond donors (Lipinski definition) is 8. The monoisotopic (exact) mass is 418 g/mol. The van der Waals surface area contributed by atoms with Crippen molar-refractivity contribution in [1.29, 1.82) is 0 Å². The molecule has 0 radical (unpaired) electrons. The summed E-state index contributed by atoms with van der Waals surface area (Å²) in [6.07, 6.45) is 0.807. The summed E-state index contributed by atoms with van der Waals surface area (Å²) in [5.74, 6) is -4.31. The molecule has 13 nitrogen and oxygen atoms in total. The van der Waals surface area contributed by atoms with Gasteiger partial charge in [0.2, 0.25) is 23.6 Å². The molecule has 0 aliphatic heterocycles. The fourth-order valence-corrected chi connectivity index (χ4v) is 2.20. The van der Waals surface area contributed by atoms with Gasteiger partial charge in [0.25, 0.3) is 0 Å². The van der Waals surface area contributed by atoms with Gasteiger partial charge in [-0.2, -0.15) is 0 Å². The largest absolute Gasteiger partial charge is 0.480 e. The van der Waals surface area contributed by atoms with E-state index in [1.165, 1.54) is 0 Å². The van der Waals surface area contributed by atoms with Crippen LogP contribution in [-0.2, 0) is 24.0 Å². The quantitative estimate of drug-likeness (QED) is 0.120. The lowest BCUT2D eigenvalue weighted by Gasteiger charge is -2.21. The van der Waals surface area contributed by atoms with Crippen LogP contribution in [0.1, 0.15) is 32.1 Å². The van der Waals surface area contributed by atoms with Crippen LogP contribution in [0.4, 0.5) is 0 Å². The Bertz CT molecular complexity index is 586. The van der Waals surface area contributed by atoms with E-state index in [0.29, 0.717) is 19.4 Å². The number of aliphatic hydroxyl groups is 1. The standard InChI is InChI=1S/C16H30N6O7/c17-6-2-1-3-11(16(28)29)22-15(27)10(4-5-12(19)24)21-13(25)7-20-14(26)9(18)8-23/h9-11,23H,1-8,17-18H2,(H2,19,24)(H,20,26)(H,21,25)(H,22,27)(H,28,29). The Morgan fingerprint density at radius 1 is 0.931 bits per heavy atom. The molecular formula is C16H30N6O7. The first-order valence-electron chi connectivity index (χ1n) is 9.07. The van der Waals surface area contributed by atoms with E-state index in [0.717, 1.165) is 0 Å². The minimum absolute atomic E-state index is 0.143. The van der Waals surface area contributed by atoms with Gasteiger partial charge in [0.05, 0.1) is 13.2 Å². The average molecular weight is 418 g/mol. The molecule has 0 saturated heterocycles. The molecule has 166 valence electrons. The molecule has 0 fully saturated rings. The second kappa shape index (κ2) is 14.3. The molecule has 0 aliphatic rings. The highest BCUT2D eigenvalue weighted by atomic mass is 16.4. The topological polar surface area (TPSA) is 240 Å². The Morgan fingerprint density at radius 2 is 1.59 bits per heavy atom. The zero-order chi connectivity index (χ0) is 22.4. The first-order valence-corrected chi connectivity index (χ1v) is 9.07. The van der Waals surface area contributed by atoms with Crippen molar-refractivity contribution < 1.29 is 34.2 Å². The molecule has 0 heterocycles. The van der Waals surface area contributed by atoms with Crippen LogP contribution in [-0.4, -0.2) is 77.6 Å². The number of aliphatic carboxylic acids is 1. The highest BCUT2D eigenvalue weighted by Crippen LogP contribution is 2.04. The van der Waals surface area contributed by atoms with Gasteiger partial charge in [-0.3, -0.25) is 19.2 Å². The molecule has 3 atom stereocenters. The van der Waals surface area contributed by atoms with Crippen LogP contribution in [0, 0.1) is 0 Å². The van der Waals surface area contributed by atoms with E-state index in [1.807, 2.05) is 0 Å². The highest BCUT2D eigenvalue weighted by Gasteiger charge is 2.26. The molecule has 29 heavy (non-hydrogen) atoms. The third kappa shape index (κ3) is 11.6. The maximum absolute atomic E-state index is 12.4. The van der Waals surface area contributed by atoms with Gasteiger partial charge < -0.3 is 43.4 Å². The molecular weight excluding hydrogens is 388 g/mol. The number of carbonyl (C=O) groups excluding carboxylic acids is 4. The van der Waals surface area contributed by atoms with Crippen LogP contribution >= 0.6 is 0 Å². The number of amides is 4. The van der Waals surface area contributed by atoms with Gasteiger partial charge in [-0.15, -0.1) is 0 Å². The lowest BCUT2D eigenvalue weighted by atomic mass is 10.1. The van der Waals surface area contributed by atoms with E-state index < -0.39 is 60.9 Å². The van der Waals surface area contributed by atoms with Crippen LogP contribution in [0.5, 0.6) is 0 Å². The summed E-state index contributed by atoms with van der Waals surface area (Å²) in [7, 11) is 0. The van der Waals surface area contributed by atoms with E-state index in [2.05, 4.69) is 16.0 Å². The number of carboxylic acids is 1. The molecule has 11 N–H and O–H groups in total. The molecule has 0 aromatic rings. The predicted molar refractivity (Wildman–Crippen MR) is 101 cm³/mol. The number of carboxylic acid groups (broad SMARTS) is 1. The number of unbranched alkanes of at least 4 members (excludes halogenated alkanes) is 1. The molecule has 0 aliphatic carbocycles. The lowest BCUT2D eigenvalue weighted by molar-refractivity contribution is -0.142. The first kappa shape index (κ1) is 26.2. The smallest absolute Gasteiger partial charge is 0.326 e. The van der Waals surface area contributed by atoms with E-state index >= 15 is 0 Å². The summed E-state index contributed by atoms with van der Waals surface area (Å²) in [6.45, 7) is -0.771. The molecule has 0 bridgehead atoms. The Morgan fingerprint density at radius 3 is 2.10 bits per heavy atom. The Hall–Kier alpha value is -2.77. The summed E-state index contributed by atoms with van der Waals surface area (Å²) in [6, 6.07) is -3.64. The van der Waals surface area contributed by atoms with Gasteiger partial charge in [-0.1, -0.05) is 0 Å². The van der Waals surface area contributed by atoms with Gasteiger partial charge in [0.15, 0.2) is 0 Å². The van der Waals surface area contributed by atoms with Crippen LogP contribution in [0.2, 0.25) is 0 Å². The van der Waals surface area contributed by atoms with Gasteiger partial charge in [-0.25, -0.2) is 4.79 Å². The van der Waals surface area contributed by atoms with Gasteiger partial charge >= 0.3 is 5.97 Å². The van der Waals surface area contributed by atoms with E-state index in [4.69, 9.17) is 22.3 Å². The maximum Gasteiger partial charge on any atom is 0.326 e. The molecule has 13 heteroatoms. The van der Waals surface area contributed by atoms with E-state index in [-0.39, 0.29) is 19.3 Å². The second-order valence-corrected chi connectivity index (χ2v) is 6.32. The summed E-state index contributed by atoms with van der Waals surface area (Å²) in [5, 5.41) is 24.8. The number of primary amides is 1. The normalized spacial score (nSPS) is 13.6. The molecule has 0 saturated carbocycles. The van der Waals surface area contributed by atoms with Crippen molar-refractivity contribution in [3.63, 3.8) is 0 Å². The van der Waals surface area contributed by atoms with Crippen molar-refractivity contribution in [3.8, 4) is 0 Å². The van der Waals surface area contributed by atoms with Crippen LogP contribution in [0.3, 0.4) is 0 Å². The van der Waals surface area contributed by atoms with E-state index in [9.17, 15) is 29.1 Å². The second-order valence-electron chi connectivity index (χ2n) is 6.32. The van der Waals surface area contributed by atoms with E-state index in [1.54, 1.807) is 0 Å². The highest BCUT2D eigenvalue weighted by molar-refractivity contribution is 5.92. The number of nitrogens with two attached hydrogens (primary N) is 3. The van der Waals surface area contributed by atoms with Crippen molar-refractivity contribution in [2.75, 3.05) is 19.7 Å². The maximum atomic E-state index is 12.4. The van der Waals surface area contributed by atoms with Crippen LogP contribution in [0.15, 0.2) is 0 Å². The molecule has 0 spiro atoms. The molecule has 4 amide bonds. The van der Waals surface area contributed by atoms with Crippen LogP contribution < -0.4 is 33.2 Å². The number of carbonyl (C=O) groups is 5. The third-order valence-electron chi connectivity index (χ3n) is 3.85. The third-order valence-corrected chi connectivity index (χ3v) is 3.85. The molecule has 0 aromatic heterocycles. The Balaban J connectivity index is 4.93. The zero-order valence-corrected chi connectivity index (χ0v) is 16.1. The minimum Gasteiger partial charge on any atom is -0.480 e. The lowest BCUT2D eigenvalue weighted by Crippen LogP contribution is -2.54. The SMILES string of the molecule is NCCCCC(NC(=O)C(CCC(N)=O)NC(=O)CNC(=O)C(N)CO)C(=O)O. The summed E-state index contributed by atoms with van der Waals surface area (Å²) >= 11 is 0. The number of nitrogens with one attached hydrogen (secondary N) is 3. The number of hydrogen-bond acceptors (Lipinski definition) is 8. The molecule has 0 aromatic carbocycles. The van der Waals surface area contributed by atoms with Crippen molar-refractivity contribution in [2.45, 2.75) is 50.2 Å². The molecule has 3 unspecified atom stereocenters. The molecule has 0 rings (SSSR count). The number of aliphatic hydroxyl groups excluding tert-OH is 1. The summed E-state index contributed by atoms with van der Waals surface area (Å²) < 4.78 is 0. The first-order chi connectivity index (χ1) is 13.6. The van der Waals surface area contributed by atoms with Crippen LogP contribution in [0.25, 0.3) is 0 Å². The van der Waals surface area contributed by atoms with Gasteiger partial charge in [0.1, 0.15) is 18.1 Å². The zero-order valence-electron chi connectivity index (χ0n) is 16.1. The Labute approximate surface area is 167 Å². The Kier molecular flexibility index (Phi) is 12.9. The fourth-order valence-electron chi connectivity index (χ4n) is 2.20. The van der Waals surface area contributed by atoms with Gasteiger partial charge in [0, 0.05) is 6.42 Å². The van der Waals surface area contributed by atoms with Crippen molar-refractivity contribution in [1.82, 2.24) is 16.0 Å². The van der Waals surface area contributed by atoms with Crippen molar-refractivity contribution in [2.24, 2.45) is 17.2 Å². The summed E-state index contributed by atoms with van der Waals surface area (Å²) in [5.41, 5.74) is 15.7. The van der Waals surface area contributed by atoms with Crippen molar-refractivity contribution >= 4 is 29.6 Å². The predicted octanol–water partition coefficient (Wildman–Crippen LogP) is -4.13. The average Bonchev–Trinajstić information content (AvgIpc) is 2.67. The fraction of sp³-hybridized carbons (Fsp3) is 0.688. The number of rotatable bonds is 15. The summed E-state index contributed by atoms with van der Waals surface area (Å²) in [4.78, 5) is 58.2. The van der Waals surface area contributed by atoms with Crippen molar-refractivity contribution in [3.05, 3.63) is 0 Å².